The minimum Gasteiger partial charge on any atom is -0.332 e. The molecule has 0 unspecified atom stereocenters. The maximum Gasteiger partial charge on any atom is 0.265 e. The summed E-state index contributed by atoms with van der Waals surface area (Å²) in [5.74, 6) is -4.48. The number of piperidine rings is 1. The summed E-state index contributed by atoms with van der Waals surface area (Å²) in [4.78, 5) is 22.6. The van der Waals surface area contributed by atoms with Crippen LogP contribution in [0, 0.1) is 18.7 Å². The zero-order valence-corrected chi connectivity index (χ0v) is 18.4. The molecule has 2 aliphatic heterocycles. The molecule has 3 heterocycles. The third-order valence-electron chi connectivity index (χ3n) is 6.02. The Morgan fingerprint density at radius 3 is 2.73 bits per heavy atom. The van der Waals surface area contributed by atoms with Crippen LogP contribution < -0.4 is 0 Å². The molecule has 0 saturated carbocycles. The van der Waals surface area contributed by atoms with Gasteiger partial charge in [0.2, 0.25) is 5.95 Å². The topological polar surface area (TPSA) is 63.4 Å². The van der Waals surface area contributed by atoms with Crippen LogP contribution in [0.3, 0.4) is 0 Å². The molecule has 160 valence electrons. The van der Waals surface area contributed by atoms with Crippen LogP contribution in [0.1, 0.15) is 42.6 Å². The van der Waals surface area contributed by atoms with Crippen LogP contribution in [0.25, 0.3) is 0 Å². The van der Waals surface area contributed by atoms with Gasteiger partial charge in [-0.3, -0.25) is 4.79 Å². The molecule has 1 fully saturated rings. The van der Waals surface area contributed by atoms with Gasteiger partial charge in [-0.2, -0.15) is 10.1 Å². The van der Waals surface area contributed by atoms with Crippen LogP contribution in [-0.4, -0.2) is 50.3 Å². The molecule has 0 bridgehead atoms. The van der Waals surface area contributed by atoms with Crippen molar-refractivity contribution in [2.75, 3.05) is 13.1 Å². The number of aromatic nitrogens is 3. The number of fused-ring (bicyclic) bond motifs is 1. The van der Waals surface area contributed by atoms with Crippen molar-refractivity contribution in [3.05, 3.63) is 39.9 Å². The number of hydrogen-bond donors (Lipinski definition) is 0. The highest BCUT2D eigenvalue weighted by atomic mass is 79.9. The molecular weight excluding hydrogens is 463 g/mol. The Labute approximate surface area is 180 Å². The van der Waals surface area contributed by atoms with Crippen molar-refractivity contribution >= 4 is 33.5 Å². The average molecular weight is 484 g/mol. The molecule has 1 saturated heterocycles. The molecule has 30 heavy (non-hydrogen) atoms. The molecule has 2 atom stereocenters. The van der Waals surface area contributed by atoms with E-state index in [-0.39, 0.29) is 18.5 Å². The number of rotatable bonds is 2. The summed E-state index contributed by atoms with van der Waals surface area (Å²) in [5, 5.41) is 4.22. The highest BCUT2D eigenvalue weighted by Crippen LogP contribution is 2.44. The highest BCUT2D eigenvalue weighted by molar-refractivity contribution is 9.10. The van der Waals surface area contributed by atoms with Crippen molar-refractivity contribution in [2.24, 2.45) is 10.9 Å². The lowest BCUT2D eigenvalue weighted by Gasteiger charge is -2.46. The third-order valence-corrected chi connectivity index (χ3v) is 6.84. The Morgan fingerprint density at radius 2 is 2.03 bits per heavy atom. The van der Waals surface area contributed by atoms with E-state index in [0.717, 1.165) is 16.7 Å². The predicted octanol–water partition coefficient (Wildman–Crippen LogP) is 4.50. The van der Waals surface area contributed by atoms with Crippen LogP contribution in [0.15, 0.2) is 27.9 Å². The van der Waals surface area contributed by atoms with Crippen LogP contribution >= 0.6 is 15.9 Å². The standard InChI is InChI=1S/C20H21BrF3N5O/c1-11-6-19(3,29-18(27-11)25-10-26-29)14-7-20(23,24)9-28(8-14)17(30)13-4-15(21)12(2)16(22)5-13/h4-5,10,14H,6-9H2,1-3H3/t14-,19-/m0/s1. The second-order valence-electron chi connectivity index (χ2n) is 8.36. The summed E-state index contributed by atoms with van der Waals surface area (Å²) in [6.45, 7) is 4.64. The molecule has 1 aromatic heterocycles. The molecule has 0 aliphatic carbocycles. The van der Waals surface area contributed by atoms with Crippen molar-refractivity contribution in [3.8, 4) is 0 Å². The Kier molecular flexibility index (Phi) is 5.03. The minimum absolute atomic E-state index is 0.0365. The number of nitrogens with zero attached hydrogens (tertiary/aromatic N) is 5. The van der Waals surface area contributed by atoms with E-state index in [1.54, 1.807) is 11.6 Å². The predicted molar refractivity (Wildman–Crippen MR) is 109 cm³/mol. The summed E-state index contributed by atoms with van der Waals surface area (Å²) in [6.07, 6.45) is 1.40. The minimum atomic E-state index is -3.08. The molecule has 10 heteroatoms. The van der Waals surface area contributed by atoms with Crippen molar-refractivity contribution in [1.82, 2.24) is 19.7 Å². The highest BCUT2D eigenvalue weighted by Gasteiger charge is 2.51. The van der Waals surface area contributed by atoms with Gasteiger partial charge in [0, 0.05) is 41.1 Å². The van der Waals surface area contributed by atoms with E-state index in [9.17, 15) is 18.0 Å². The van der Waals surface area contributed by atoms with E-state index < -0.39 is 35.6 Å². The second-order valence-corrected chi connectivity index (χ2v) is 9.21. The van der Waals surface area contributed by atoms with Crippen LogP contribution in [0.2, 0.25) is 0 Å². The van der Waals surface area contributed by atoms with E-state index in [4.69, 9.17) is 0 Å². The number of likely N-dealkylation sites (tertiary alicyclic amines) is 1. The first-order valence-corrected chi connectivity index (χ1v) is 10.4. The smallest absolute Gasteiger partial charge is 0.265 e. The van der Waals surface area contributed by atoms with Gasteiger partial charge in [0.05, 0.1) is 12.1 Å². The number of halogens is 4. The summed E-state index contributed by atoms with van der Waals surface area (Å²) in [6, 6.07) is 2.57. The number of amides is 1. The Balaban J connectivity index is 1.68. The summed E-state index contributed by atoms with van der Waals surface area (Å²) < 4.78 is 45.7. The first-order valence-electron chi connectivity index (χ1n) is 9.57. The molecule has 0 radical (unpaired) electrons. The number of alkyl halides is 2. The van der Waals surface area contributed by atoms with Gasteiger partial charge in [0.25, 0.3) is 11.8 Å². The number of carbonyl (C=O) groups is 1. The van der Waals surface area contributed by atoms with Gasteiger partial charge in [-0.15, -0.1) is 0 Å². The van der Waals surface area contributed by atoms with E-state index in [1.165, 1.54) is 12.4 Å². The molecule has 0 N–H and O–H groups in total. The van der Waals surface area contributed by atoms with Crippen LogP contribution in [0.5, 0.6) is 0 Å². The lowest BCUT2D eigenvalue weighted by Crippen LogP contribution is -2.56. The van der Waals surface area contributed by atoms with Crippen molar-refractivity contribution in [1.29, 1.82) is 0 Å². The Hall–Kier alpha value is -2.23. The van der Waals surface area contributed by atoms with Gasteiger partial charge in [-0.05, 0) is 38.5 Å². The molecule has 4 rings (SSSR count). The van der Waals surface area contributed by atoms with E-state index in [2.05, 4.69) is 31.0 Å². The summed E-state index contributed by atoms with van der Waals surface area (Å²) in [7, 11) is 0. The SMILES string of the molecule is CC1=Nc2ncnn2[C@](C)([C@@H]2CN(C(=O)c3cc(F)c(C)c(Br)c3)CC(F)(F)C2)C1. The molecular formula is C20H21BrF3N5O. The fraction of sp³-hybridized carbons (Fsp3) is 0.500. The molecule has 2 aliphatic rings. The first-order chi connectivity index (χ1) is 14.0. The average Bonchev–Trinajstić information content (AvgIpc) is 3.13. The maximum absolute atomic E-state index is 14.8. The second kappa shape index (κ2) is 7.18. The van der Waals surface area contributed by atoms with Crippen molar-refractivity contribution in [2.45, 2.75) is 45.1 Å². The van der Waals surface area contributed by atoms with Gasteiger partial charge in [-0.1, -0.05) is 15.9 Å². The number of benzene rings is 1. The quantitative estimate of drug-likeness (QED) is 0.631. The molecule has 0 spiro atoms. The largest absolute Gasteiger partial charge is 0.332 e. The maximum atomic E-state index is 14.8. The van der Waals surface area contributed by atoms with Gasteiger partial charge in [-0.25, -0.2) is 22.8 Å². The monoisotopic (exact) mass is 483 g/mol. The first kappa shape index (κ1) is 21.0. The third kappa shape index (κ3) is 3.55. The molecule has 6 nitrogen and oxygen atoms in total. The van der Waals surface area contributed by atoms with Crippen LogP contribution in [0.4, 0.5) is 19.1 Å². The fourth-order valence-corrected chi connectivity index (χ4v) is 4.85. The summed E-state index contributed by atoms with van der Waals surface area (Å²) >= 11 is 3.22. The zero-order chi connectivity index (χ0) is 21.8. The normalized spacial score (nSPS) is 25.6. The van der Waals surface area contributed by atoms with Crippen LogP contribution in [-0.2, 0) is 5.54 Å². The molecule has 1 aromatic carbocycles. The zero-order valence-electron chi connectivity index (χ0n) is 16.8. The lowest BCUT2D eigenvalue weighted by atomic mass is 9.75. The number of carbonyl (C=O) groups excluding carboxylic acids is 1. The van der Waals surface area contributed by atoms with E-state index in [0.29, 0.717) is 22.4 Å². The van der Waals surface area contributed by atoms with Gasteiger partial charge < -0.3 is 4.90 Å². The molecule has 2 aromatic rings. The Bertz CT molecular complexity index is 1030. The van der Waals surface area contributed by atoms with Crippen molar-refractivity contribution < 1.29 is 18.0 Å². The summed E-state index contributed by atoms with van der Waals surface area (Å²) in [5.41, 5.74) is 0.361. The van der Waals surface area contributed by atoms with Gasteiger partial charge >= 0.3 is 0 Å². The van der Waals surface area contributed by atoms with Gasteiger partial charge in [0.1, 0.15) is 12.1 Å². The fourth-order valence-electron chi connectivity index (χ4n) is 4.41. The lowest BCUT2D eigenvalue weighted by molar-refractivity contribution is -0.0958. The Morgan fingerprint density at radius 1 is 1.30 bits per heavy atom. The van der Waals surface area contributed by atoms with E-state index >= 15 is 0 Å². The number of hydrogen-bond acceptors (Lipinski definition) is 4. The molecule has 1 amide bonds. The van der Waals surface area contributed by atoms with Gasteiger partial charge in [0.15, 0.2) is 0 Å². The van der Waals surface area contributed by atoms with E-state index in [1.807, 2.05) is 13.8 Å². The van der Waals surface area contributed by atoms with Crippen molar-refractivity contribution in [3.63, 3.8) is 0 Å². The number of aliphatic imine (C=N–C) groups is 1.